The van der Waals surface area contributed by atoms with Crippen molar-refractivity contribution < 1.29 is 19.7 Å². The fourth-order valence-corrected chi connectivity index (χ4v) is 4.09. The van der Waals surface area contributed by atoms with Crippen molar-refractivity contribution in [3.8, 4) is 11.8 Å². The first-order chi connectivity index (χ1) is 11.2. The number of carbonyl (C=O) groups is 1. The summed E-state index contributed by atoms with van der Waals surface area (Å²) in [7, 11) is 0. The number of hydrogen-bond acceptors (Lipinski definition) is 4. The number of carboxylic acid groups (broad SMARTS) is 1. The third-order valence-corrected chi connectivity index (χ3v) is 5.20. The Morgan fingerprint density at radius 1 is 1.38 bits per heavy atom. The van der Waals surface area contributed by atoms with Gasteiger partial charge in [-0.3, -0.25) is 4.90 Å². The maximum atomic E-state index is 11.4. The van der Waals surface area contributed by atoms with Gasteiger partial charge in [0.25, 0.3) is 0 Å². The van der Waals surface area contributed by atoms with Crippen LogP contribution in [0.1, 0.15) is 34.1 Å². The van der Waals surface area contributed by atoms with Gasteiger partial charge in [-0.25, -0.2) is 4.79 Å². The predicted molar refractivity (Wildman–Crippen MR) is 91.7 cm³/mol. The standard InChI is InChI=1S/C18H30N2O4/c1-5-6-8-19-10-14(12-21)24-18(13-19)7-9-20(16(22)23)11-15(18)17(2,3)4/h14-15,21H,7-13H2,1-4H3,(H,22,23). The van der Waals surface area contributed by atoms with Crippen molar-refractivity contribution >= 4 is 6.09 Å². The number of aliphatic hydroxyl groups is 1. The van der Waals surface area contributed by atoms with Crippen LogP contribution >= 0.6 is 0 Å². The summed E-state index contributed by atoms with van der Waals surface area (Å²) in [6.07, 6.45) is -0.477. The van der Waals surface area contributed by atoms with Crippen molar-refractivity contribution in [1.82, 2.24) is 9.80 Å². The van der Waals surface area contributed by atoms with Crippen molar-refractivity contribution in [3.63, 3.8) is 0 Å². The van der Waals surface area contributed by atoms with Crippen LogP contribution in [0.2, 0.25) is 0 Å². The van der Waals surface area contributed by atoms with E-state index in [0.717, 1.165) is 6.54 Å². The Morgan fingerprint density at radius 3 is 2.62 bits per heavy atom. The molecule has 24 heavy (non-hydrogen) atoms. The lowest BCUT2D eigenvalue weighted by molar-refractivity contribution is -0.222. The molecule has 2 aliphatic rings. The molecule has 0 radical (unpaired) electrons. The highest BCUT2D eigenvalue weighted by molar-refractivity contribution is 5.65. The minimum atomic E-state index is -0.873. The van der Waals surface area contributed by atoms with Gasteiger partial charge in [0.15, 0.2) is 0 Å². The van der Waals surface area contributed by atoms with Gasteiger partial charge in [0.1, 0.15) is 0 Å². The maximum absolute atomic E-state index is 11.4. The van der Waals surface area contributed by atoms with E-state index in [1.54, 1.807) is 0 Å². The highest BCUT2D eigenvalue weighted by Gasteiger charge is 2.53. The summed E-state index contributed by atoms with van der Waals surface area (Å²) < 4.78 is 6.38. The highest BCUT2D eigenvalue weighted by Crippen LogP contribution is 2.45. The molecule has 6 nitrogen and oxygen atoms in total. The zero-order chi connectivity index (χ0) is 18.0. The van der Waals surface area contributed by atoms with Crippen LogP contribution in [0.25, 0.3) is 0 Å². The van der Waals surface area contributed by atoms with E-state index < -0.39 is 11.7 Å². The molecular formula is C18H30N2O4. The summed E-state index contributed by atoms with van der Waals surface area (Å²) in [6, 6.07) is 0. The second-order valence-corrected chi connectivity index (χ2v) is 7.98. The molecule has 0 aromatic carbocycles. The van der Waals surface area contributed by atoms with Crippen LogP contribution in [0.3, 0.4) is 0 Å². The molecule has 0 bridgehead atoms. The van der Waals surface area contributed by atoms with Crippen molar-refractivity contribution in [2.75, 3.05) is 39.3 Å². The Labute approximate surface area is 144 Å². The first kappa shape index (κ1) is 19.0. The average Bonchev–Trinajstić information content (AvgIpc) is 2.51. The molecule has 0 saturated carbocycles. The van der Waals surface area contributed by atoms with Gasteiger partial charge in [-0.2, -0.15) is 0 Å². The highest BCUT2D eigenvalue weighted by atomic mass is 16.5. The lowest BCUT2D eigenvalue weighted by atomic mass is 9.66. The quantitative estimate of drug-likeness (QED) is 0.746. The molecule has 0 aliphatic carbocycles. The van der Waals surface area contributed by atoms with Gasteiger partial charge in [0.2, 0.25) is 0 Å². The van der Waals surface area contributed by atoms with Gasteiger partial charge in [-0.05, 0) is 18.8 Å². The van der Waals surface area contributed by atoms with Crippen molar-refractivity contribution in [2.45, 2.75) is 45.8 Å². The van der Waals surface area contributed by atoms with E-state index in [9.17, 15) is 15.0 Å². The molecule has 0 aromatic heterocycles. The molecule has 2 aliphatic heterocycles. The maximum Gasteiger partial charge on any atom is 0.407 e. The van der Waals surface area contributed by atoms with E-state index in [1.807, 2.05) is 6.92 Å². The number of hydrogen-bond donors (Lipinski definition) is 2. The van der Waals surface area contributed by atoms with E-state index in [0.29, 0.717) is 32.6 Å². The van der Waals surface area contributed by atoms with Crippen molar-refractivity contribution in [2.24, 2.45) is 11.3 Å². The second kappa shape index (κ2) is 7.30. The number of aliphatic hydroxyl groups excluding tert-OH is 1. The molecular weight excluding hydrogens is 308 g/mol. The zero-order valence-corrected chi connectivity index (χ0v) is 15.2. The first-order valence-electron chi connectivity index (χ1n) is 8.60. The summed E-state index contributed by atoms with van der Waals surface area (Å²) in [5.41, 5.74) is -0.543. The number of amides is 1. The summed E-state index contributed by atoms with van der Waals surface area (Å²) in [5, 5.41) is 19.1. The number of rotatable bonds is 2. The monoisotopic (exact) mass is 338 g/mol. The third-order valence-electron chi connectivity index (χ3n) is 5.20. The molecule has 3 unspecified atom stereocenters. The fourth-order valence-electron chi connectivity index (χ4n) is 4.09. The summed E-state index contributed by atoms with van der Waals surface area (Å²) in [5.74, 6) is 6.08. The van der Waals surface area contributed by atoms with E-state index in [1.165, 1.54) is 4.90 Å². The van der Waals surface area contributed by atoms with Crippen molar-refractivity contribution in [1.29, 1.82) is 0 Å². The van der Waals surface area contributed by atoms with E-state index >= 15 is 0 Å². The van der Waals surface area contributed by atoms with E-state index in [2.05, 4.69) is 37.5 Å². The minimum Gasteiger partial charge on any atom is -0.465 e. The van der Waals surface area contributed by atoms with Gasteiger partial charge >= 0.3 is 6.09 Å². The lowest BCUT2D eigenvalue weighted by Gasteiger charge is -2.56. The summed E-state index contributed by atoms with van der Waals surface area (Å²) in [4.78, 5) is 15.2. The topological polar surface area (TPSA) is 73.2 Å². The molecule has 2 saturated heterocycles. The number of nitrogens with zero attached hydrogens (tertiary/aromatic N) is 2. The number of piperidine rings is 1. The zero-order valence-electron chi connectivity index (χ0n) is 15.2. The van der Waals surface area contributed by atoms with Crippen LogP contribution < -0.4 is 0 Å². The van der Waals surface area contributed by atoms with Crippen LogP contribution in [-0.2, 0) is 4.74 Å². The number of ether oxygens (including phenoxy) is 1. The molecule has 2 heterocycles. The normalized spacial score (nSPS) is 31.6. The first-order valence-corrected chi connectivity index (χ1v) is 8.60. The fraction of sp³-hybridized carbons (Fsp3) is 0.833. The Hall–Kier alpha value is -1.29. The predicted octanol–water partition coefficient (Wildman–Crippen LogP) is 1.49. The molecule has 2 fully saturated rings. The Balaban J connectivity index is 2.30. The number of likely N-dealkylation sites (tertiary alicyclic amines) is 1. The van der Waals surface area contributed by atoms with E-state index in [4.69, 9.17) is 4.74 Å². The molecule has 3 atom stereocenters. The SMILES string of the molecule is CC#CCN1CC(CO)OC2(CCN(C(=O)O)CC2C(C)(C)C)C1. The van der Waals surface area contributed by atoms with Gasteiger partial charge in [0, 0.05) is 32.1 Å². The lowest BCUT2D eigenvalue weighted by Crippen LogP contribution is -2.67. The van der Waals surface area contributed by atoms with Crippen LogP contribution in [0.4, 0.5) is 4.79 Å². The largest absolute Gasteiger partial charge is 0.465 e. The van der Waals surface area contributed by atoms with Gasteiger partial charge < -0.3 is 19.8 Å². The molecule has 6 heteroatoms. The molecule has 0 aromatic rings. The molecule has 136 valence electrons. The van der Waals surface area contributed by atoms with Gasteiger partial charge in [-0.15, -0.1) is 5.92 Å². The Bertz CT molecular complexity index is 519. The van der Waals surface area contributed by atoms with E-state index in [-0.39, 0.29) is 24.0 Å². The summed E-state index contributed by atoms with van der Waals surface area (Å²) >= 11 is 0. The molecule has 2 N–H and O–H groups in total. The van der Waals surface area contributed by atoms with Crippen LogP contribution in [0.15, 0.2) is 0 Å². The third kappa shape index (κ3) is 4.02. The Morgan fingerprint density at radius 2 is 2.08 bits per heavy atom. The van der Waals surface area contributed by atoms with Crippen LogP contribution in [-0.4, -0.2) is 77.1 Å². The summed E-state index contributed by atoms with van der Waals surface area (Å²) in [6.45, 7) is 11.2. The Kier molecular flexibility index (Phi) is 5.79. The van der Waals surface area contributed by atoms with Gasteiger partial charge in [-0.1, -0.05) is 26.7 Å². The smallest absolute Gasteiger partial charge is 0.407 e. The molecule has 2 rings (SSSR count). The van der Waals surface area contributed by atoms with Gasteiger partial charge in [0.05, 0.1) is 24.9 Å². The van der Waals surface area contributed by atoms with Crippen LogP contribution in [0, 0.1) is 23.2 Å². The minimum absolute atomic E-state index is 0.0304. The second-order valence-electron chi connectivity index (χ2n) is 7.98. The molecule has 1 amide bonds. The molecule has 1 spiro atoms. The number of morpholine rings is 1. The van der Waals surface area contributed by atoms with Crippen LogP contribution in [0.5, 0.6) is 0 Å². The van der Waals surface area contributed by atoms with Crippen molar-refractivity contribution in [3.05, 3.63) is 0 Å². The average molecular weight is 338 g/mol.